The van der Waals surface area contributed by atoms with E-state index in [2.05, 4.69) is 11.8 Å². The van der Waals surface area contributed by atoms with E-state index in [9.17, 15) is 4.79 Å². The number of carboxylic acid groups (broad SMARTS) is 1. The molecule has 0 bridgehead atoms. The van der Waals surface area contributed by atoms with Gasteiger partial charge in [-0.2, -0.15) is 0 Å². The van der Waals surface area contributed by atoms with Gasteiger partial charge in [0, 0.05) is 11.4 Å². The molecule has 0 heterocycles. The Morgan fingerprint density at radius 2 is 2.14 bits per heavy atom. The summed E-state index contributed by atoms with van der Waals surface area (Å²) in [5, 5.41) is 8.39. The number of carboxylic acids is 1. The summed E-state index contributed by atoms with van der Waals surface area (Å²) in [5.74, 6) is 4.82. The van der Waals surface area contributed by atoms with Crippen molar-refractivity contribution >= 4 is 17.6 Å². The van der Waals surface area contributed by atoms with Crippen molar-refractivity contribution in [2.45, 2.75) is 12.3 Å². The van der Waals surface area contributed by atoms with Gasteiger partial charge in [-0.15, -0.1) is 11.6 Å². The van der Waals surface area contributed by atoms with Crippen LogP contribution in [0.1, 0.15) is 17.5 Å². The van der Waals surface area contributed by atoms with Crippen LogP contribution in [0, 0.1) is 11.8 Å². The molecule has 0 unspecified atom stereocenters. The Bertz CT molecular complexity index is 388. The average Bonchev–Trinajstić information content (AvgIpc) is 2.18. The number of rotatable bonds is 2. The molecule has 0 fully saturated rings. The third kappa shape index (κ3) is 3.12. The normalized spacial score (nSPS) is 8.93. The first-order valence-corrected chi connectivity index (χ1v) is 4.62. The van der Waals surface area contributed by atoms with Gasteiger partial charge in [0.1, 0.15) is 6.42 Å². The van der Waals surface area contributed by atoms with Crippen LogP contribution < -0.4 is 0 Å². The molecule has 0 aliphatic rings. The lowest BCUT2D eigenvalue weighted by atomic mass is 10.1. The van der Waals surface area contributed by atoms with Gasteiger partial charge in [-0.1, -0.05) is 30.0 Å². The molecule has 0 amide bonds. The summed E-state index contributed by atoms with van der Waals surface area (Å²) in [6.45, 7) is 0. The summed E-state index contributed by atoms with van der Waals surface area (Å²) >= 11 is 5.69. The Kier molecular flexibility index (Phi) is 4.03. The molecule has 0 radical (unpaired) electrons. The number of benzene rings is 1. The molecule has 14 heavy (non-hydrogen) atoms. The van der Waals surface area contributed by atoms with Gasteiger partial charge < -0.3 is 5.11 Å². The van der Waals surface area contributed by atoms with E-state index < -0.39 is 5.97 Å². The molecule has 2 nitrogen and oxygen atoms in total. The number of halogens is 1. The number of carbonyl (C=O) groups is 1. The predicted octanol–water partition coefficient (Wildman–Crippen LogP) is 2.25. The Labute approximate surface area is 87.5 Å². The van der Waals surface area contributed by atoms with Crippen LogP contribution >= 0.6 is 11.6 Å². The maximum atomic E-state index is 10.2. The molecular formula is C11H9ClO2. The summed E-state index contributed by atoms with van der Waals surface area (Å²) in [6, 6.07) is 7.42. The zero-order valence-electron chi connectivity index (χ0n) is 7.46. The highest BCUT2D eigenvalue weighted by Gasteiger charge is 1.96. The van der Waals surface area contributed by atoms with Crippen molar-refractivity contribution in [3.63, 3.8) is 0 Å². The maximum Gasteiger partial charge on any atom is 0.315 e. The third-order valence-corrected chi connectivity index (χ3v) is 1.91. The quantitative estimate of drug-likeness (QED) is 0.598. The van der Waals surface area contributed by atoms with Gasteiger partial charge in [-0.25, -0.2) is 0 Å². The van der Waals surface area contributed by atoms with Crippen LogP contribution in [-0.2, 0) is 10.7 Å². The van der Waals surface area contributed by atoms with Crippen LogP contribution in [0.2, 0.25) is 0 Å². The molecule has 0 saturated carbocycles. The van der Waals surface area contributed by atoms with Gasteiger partial charge >= 0.3 is 5.97 Å². The summed E-state index contributed by atoms with van der Waals surface area (Å²) < 4.78 is 0. The van der Waals surface area contributed by atoms with Gasteiger partial charge in [0.2, 0.25) is 0 Å². The van der Waals surface area contributed by atoms with Gasteiger partial charge in [0.15, 0.2) is 0 Å². The van der Waals surface area contributed by atoms with E-state index in [4.69, 9.17) is 16.7 Å². The first-order valence-electron chi connectivity index (χ1n) is 4.08. The van der Waals surface area contributed by atoms with Crippen LogP contribution in [0.4, 0.5) is 0 Å². The highest BCUT2D eigenvalue weighted by Crippen LogP contribution is 2.09. The average molecular weight is 209 g/mol. The van der Waals surface area contributed by atoms with E-state index in [1.807, 2.05) is 24.3 Å². The van der Waals surface area contributed by atoms with Crippen molar-refractivity contribution in [1.29, 1.82) is 0 Å². The molecule has 1 aromatic carbocycles. The lowest BCUT2D eigenvalue weighted by molar-refractivity contribution is -0.135. The molecule has 3 heteroatoms. The van der Waals surface area contributed by atoms with E-state index in [0.29, 0.717) is 5.88 Å². The minimum absolute atomic E-state index is 0.142. The Hall–Kier alpha value is -1.46. The van der Waals surface area contributed by atoms with Crippen molar-refractivity contribution in [2.24, 2.45) is 0 Å². The molecule has 1 N–H and O–H groups in total. The molecular weight excluding hydrogens is 200 g/mol. The van der Waals surface area contributed by atoms with Gasteiger partial charge in [0.05, 0.1) is 0 Å². The predicted molar refractivity (Wildman–Crippen MR) is 55.1 cm³/mol. The van der Waals surface area contributed by atoms with Gasteiger partial charge in [-0.3, -0.25) is 4.79 Å². The highest BCUT2D eigenvalue weighted by atomic mass is 35.5. The fourth-order valence-electron chi connectivity index (χ4n) is 0.974. The fourth-order valence-corrected chi connectivity index (χ4v) is 1.21. The standard InChI is InChI=1S/C11H9ClO2/c12-8-10-5-2-1-4-9(10)6-3-7-11(13)14/h1-2,4-5H,7-8H2,(H,13,14). The summed E-state index contributed by atoms with van der Waals surface area (Å²) in [6.07, 6.45) is -0.142. The molecule has 0 aliphatic heterocycles. The van der Waals surface area contributed by atoms with E-state index in [0.717, 1.165) is 11.1 Å². The number of alkyl halides is 1. The maximum absolute atomic E-state index is 10.2. The van der Waals surface area contributed by atoms with E-state index in [1.54, 1.807) is 0 Å². The van der Waals surface area contributed by atoms with Crippen molar-refractivity contribution < 1.29 is 9.90 Å². The van der Waals surface area contributed by atoms with Crippen LogP contribution in [0.25, 0.3) is 0 Å². The Morgan fingerprint density at radius 3 is 2.79 bits per heavy atom. The lowest BCUT2D eigenvalue weighted by Crippen LogP contribution is -1.91. The molecule has 1 aromatic rings. The first kappa shape index (κ1) is 10.6. The third-order valence-electron chi connectivity index (χ3n) is 1.62. The van der Waals surface area contributed by atoms with Crippen LogP contribution in [0.3, 0.4) is 0 Å². The zero-order chi connectivity index (χ0) is 10.4. The van der Waals surface area contributed by atoms with Crippen LogP contribution in [-0.4, -0.2) is 11.1 Å². The SMILES string of the molecule is O=C(O)CC#Cc1ccccc1CCl. The summed E-state index contributed by atoms with van der Waals surface area (Å²) in [7, 11) is 0. The van der Waals surface area contributed by atoms with E-state index in [-0.39, 0.29) is 6.42 Å². The lowest BCUT2D eigenvalue weighted by Gasteiger charge is -1.97. The Morgan fingerprint density at radius 1 is 1.43 bits per heavy atom. The van der Waals surface area contributed by atoms with Crippen molar-refractivity contribution in [2.75, 3.05) is 0 Å². The summed E-state index contributed by atoms with van der Waals surface area (Å²) in [4.78, 5) is 10.2. The monoisotopic (exact) mass is 208 g/mol. The highest BCUT2D eigenvalue weighted by molar-refractivity contribution is 6.17. The van der Waals surface area contributed by atoms with Gasteiger partial charge in [0.25, 0.3) is 0 Å². The summed E-state index contributed by atoms with van der Waals surface area (Å²) in [5.41, 5.74) is 1.72. The van der Waals surface area contributed by atoms with Crippen LogP contribution in [0.15, 0.2) is 24.3 Å². The first-order chi connectivity index (χ1) is 6.74. The molecule has 0 aromatic heterocycles. The fraction of sp³-hybridized carbons (Fsp3) is 0.182. The largest absolute Gasteiger partial charge is 0.481 e. The molecule has 0 spiro atoms. The van der Waals surface area contributed by atoms with E-state index in [1.165, 1.54) is 0 Å². The molecule has 0 saturated heterocycles. The van der Waals surface area contributed by atoms with E-state index >= 15 is 0 Å². The smallest absolute Gasteiger partial charge is 0.315 e. The molecule has 0 aliphatic carbocycles. The Balaban J connectivity index is 2.83. The molecule has 72 valence electrons. The minimum atomic E-state index is -0.916. The van der Waals surface area contributed by atoms with Gasteiger partial charge in [-0.05, 0) is 11.6 Å². The van der Waals surface area contributed by atoms with Crippen LogP contribution in [0.5, 0.6) is 0 Å². The number of hydrogen-bond acceptors (Lipinski definition) is 1. The molecule has 1 rings (SSSR count). The second kappa shape index (κ2) is 5.31. The number of hydrogen-bond donors (Lipinski definition) is 1. The van der Waals surface area contributed by atoms with Crippen molar-refractivity contribution in [3.05, 3.63) is 35.4 Å². The number of aliphatic carboxylic acids is 1. The second-order valence-electron chi connectivity index (χ2n) is 2.66. The second-order valence-corrected chi connectivity index (χ2v) is 2.93. The molecule has 0 atom stereocenters. The zero-order valence-corrected chi connectivity index (χ0v) is 8.21. The minimum Gasteiger partial charge on any atom is -0.481 e. The topological polar surface area (TPSA) is 37.3 Å². The van der Waals surface area contributed by atoms with Crippen molar-refractivity contribution in [1.82, 2.24) is 0 Å². The van der Waals surface area contributed by atoms with Crippen molar-refractivity contribution in [3.8, 4) is 11.8 Å².